The van der Waals surface area contributed by atoms with Gasteiger partial charge in [-0.3, -0.25) is 0 Å². The molecule has 0 heterocycles. The van der Waals surface area contributed by atoms with E-state index in [-0.39, 0.29) is 0 Å². The van der Waals surface area contributed by atoms with E-state index in [9.17, 15) is 0 Å². The van der Waals surface area contributed by atoms with Gasteiger partial charge in [0.15, 0.2) is 0 Å². The van der Waals surface area contributed by atoms with E-state index in [1.807, 2.05) is 0 Å². The summed E-state index contributed by atoms with van der Waals surface area (Å²) in [7, 11) is 0. The Morgan fingerprint density at radius 2 is 1.93 bits per heavy atom. The van der Waals surface area contributed by atoms with Crippen LogP contribution < -0.4 is 5.32 Å². The molecule has 0 aliphatic heterocycles. The SMILES string of the molecule is CCCCN[C@@H]1C[C@H]2C[C@H]1[C@H]1CCC[C@@H]21. The van der Waals surface area contributed by atoms with E-state index >= 15 is 0 Å². The van der Waals surface area contributed by atoms with E-state index in [2.05, 4.69) is 12.2 Å². The van der Waals surface area contributed by atoms with Crippen molar-refractivity contribution in [2.75, 3.05) is 6.54 Å². The topological polar surface area (TPSA) is 12.0 Å². The van der Waals surface area contributed by atoms with Crippen molar-refractivity contribution in [2.45, 2.75) is 57.9 Å². The van der Waals surface area contributed by atoms with Crippen LogP contribution in [-0.4, -0.2) is 12.6 Å². The minimum atomic E-state index is 0.904. The average Bonchev–Trinajstić information content (AvgIpc) is 2.89. The number of nitrogens with one attached hydrogen (secondary N) is 1. The summed E-state index contributed by atoms with van der Waals surface area (Å²) in [5, 5.41) is 3.83. The first-order chi connectivity index (χ1) is 7.40. The summed E-state index contributed by atoms with van der Waals surface area (Å²) in [5.74, 6) is 4.46. The minimum Gasteiger partial charge on any atom is -0.314 e. The Morgan fingerprint density at radius 3 is 2.80 bits per heavy atom. The Balaban J connectivity index is 1.56. The molecule has 1 N–H and O–H groups in total. The standard InChI is InChI=1S/C14H25N/c1-2-3-7-15-14-9-10-8-13(14)12-6-4-5-11(10)12/h10-15H,2-9H2,1H3/t10-,11+,12+,13+,14-/m1/s1. The predicted molar refractivity (Wildman–Crippen MR) is 63.7 cm³/mol. The van der Waals surface area contributed by atoms with Crippen molar-refractivity contribution in [1.29, 1.82) is 0 Å². The molecule has 0 aromatic carbocycles. The fraction of sp³-hybridized carbons (Fsp3) is 1.00. The molecule has 0 radical (unpaired) electrons. The quantitative estimate of drug-likeness (QED) is 0.698. The van der Waals surface area contributed by atoms with Crippen LogP contribution in [-0.2, 0) is 0 Å². The second-order valence-electron chi connectivity index (χ2n) is 6.07. The highest BCUT2D eigenvalue weighted by Gasteiger charge is 2.53. The molecule has 0 amide bonds. The molecule has 1 heteroatoms. The van der Waals surface area contributed by atoms with E-state index in [1.54, 1.807) is 19.3 Å². The number of rotatable bonds is 4. The summed E-state index contributed by atoms with van der Waals surface area (Å²) in [6, 6.07) is 0.904. The van der Waals surface area contributed by atoms with Crippen LogP contribution in [0, 0.1) is 23.7 Å². The first-order valence-electron chi connectivity index (χ1n) is 7.13. The third-order valence-corrected chi connectivity index (χ3v) is 5.37. The molecule has 0 aromatic rings. The van der Waals surface area contributed by atoms with Gasteiger partial charge < -0.3 is 5.32 Å². The Bertz CT molecular complexity index is 225. The van der Waals surface area contributed by atoms with Gasteiger partial charge in [0.1, 0.15) is 0 Å². The molecule has 3 aliphatic carbocycles. The minimum absolute atomic E-state index is 0.904. The lowest BCUT2D eigenvalue weighted by Crippen LogP contribution is -2.39. The Labute approximate surface area is 94.0 Å². The molecule has 2 bridgehead atoms. The Morgan fingerprint density at radius 1 is 1.07 bits per heavy atom. The van der Waals surface area contributed by atoms with E-state index in [0.29, 0.717) is 0 Å². The fourth-order valence-electron chi connectivity index (χ4n) is 4.77. The van der Waals surface area contributed by atoms with Crippen molar-refractivity contribution in [3.63, 3.8) is 0 Å². The zero-order valence-electron chi connectivity index (χ0n) is 10.0. The highest BCUT2D eigenvalue weighted by atomic mass is 14.9. The average molecular weight is 207 g/mol. The maximum Gasteiger partial charge on any atom is 0.0101 e. The fourth-order valence-corrected chi connectivity index (χ4v) is 4.77. The largest absolute Gasteiger partial charge is 0.314 e. The lowest BCUT2D eigenvalue weighted by atomic mass is 9.79. The summed E-state index contributed by atoms with van der Waals surface area (Å²) in [5.41, 5.74) is 0. The molecule has 0 spiro atoms. The normalized spacial score (nSPS) is 47.4. The summed E-state index contributed by atoms with van der Waals surface area (Å²) in [4.78, 5) is 0. The molecule has 0 aromatic heterocycles. The van der Waals surface area contributed by atoms with Crippen molar-refractivity contribution in [1.82, 2.24) is 5.32 Å². The second kappa shape index (κ2) is 4.08. The summed E-state index contributed by atoms with van der Waals surface area (Å²) >= 11 is 0. The van der Waals surface area contributed by atoms with Crippen molar-refractivity contribution in [3.8, 4) is 0 Å². The van der Waals surface area contributed by atoms with Crippen LogP contribution in [0.1, 0.15) is 51.9 Å². The number of hydrogen-bond acceptors (Lipinski definition) is 1. The maximum atomic E-state index is 3.83. The summed E-state index contributed by atoms with van der Waals surface area (Å²) in [6.07, 6.45) is 10.4. The van der Waals surface area contributed by atoms with E-state index in [1.165, 1.54) is 32.2 Å². The molecule has 3 saturated carbocycles. The van der Waals surface area contributed by atoms with Crippen LogP contribution in [0.5, 0.6) is 0 Å². The van der Waals surface area contributed by atoms with Crippen LogP contribution in [0.4, 0.5) is 0 Å². The first kappa shape index (κ1) is 10.1. The van der Waals surface area contributed by atoms with Gasteiger partial charge in [0.25, 0.3) is 0 Å². The Kier molecular flexibility index (Phi) is 2.76. The van der Waals surface area contributed by atoms with Gasteiger partial charge in [0, 0.05) is 6.04 Å². The molecule has 5 atom stereocenters. The molecular weight excluding hydrogens is 182 g/mol. The van der Waals surface area contributed by atoms with Crippen LogP contribution in [0.25, 0.3) is 0 Å². The van der Waals surface area contributed by atoms with Crippen LogP contribution >= 0.6 is 0 Å². The van der Waals surface area contributed by atoms with Gasteiger partial charge >= 0.3 is 0 Å². The third kappa shape index (κ3) is 1.63. The van der Waals surface area contributed by atoms with Crippen LogP contribution in [0.2, 0.25) is 0 Å². The molecule has 3 rings (SSSR count). The second-order valence-corrected chi connectivity index (χ2v) is 6.07. The van der Waals surface area contributed by atoms with Crippen molar-refractivity contribution < 1.29 is 0 Å². The van der Waals surface area contributed by atoms with Gasteiger partial charge in [-0.05, 0) is 62.3 Å². The number of hydrogen-bond donors (Lipinski definition) is 1. The summed E-state index contributed by atoms with van der Waals surface area (Å²) in [6.45, 7) is 3.55. The molecule has 86 valence electrons. The van der Waals surface area contributed by atoms with Crippen molar-refractivity contribution >= 4 is 0 Å². The van der Waals surface area contributed by atoms with Crippen molar-refractivity contribution in [2.24, 2.45) is 23.7 Å². The molecule has 3 fully saturated rings. The van der Waals surface area contributed by atoms with Gasteiger partial charge in [0.05, 0.1) is 0 Å². The maximum absolute atomic E-state index is 3.83. The Hall–Kier alpha value is -0.0400. The lowest BCUT2D eigenvalue weighted by molar-refractivity contribution is 0.209. The number of unbranched alkanes of at least 4 members (excludes halogenated alkanes) is 1. The molecule has 0 saturated heterocycles. The highest BCUT2D eigenvalue weighted by Crippen LogP contribution is 2.58. The van der Waals surface area contributed by atoms with E-state index in [0.717, 1.165) is 29.7 Å². The highest BCUT2D eigenvalue weighted by molar-refractivity contribution is 5.05. The van der Waals surface area contributed by atoms with Gasteiger partial charge in [-0.25, -0.2) is 0 Å². The molecule has 1 nitrogen and oxygen atoms in total. The van der Waals surface area contributed by atoms with Gasteiger partial charge in [-0.1, -0.05) is 19.8 Å². The van der Waals surface area contributed by atoms with Crippen LogP contribution in [0.15, 0.2) is 0 Å². The van der Waals surface area contributed by atoms with Gasteiger partial charge in [-0.2, -0.15) is 0 Å². The zero-order chi connectivity index (χ0) is 10.3. The molecule has 0 unspecified atom stereocenters. The van der Waals surface area contributed by atoms with E-state index < -0.39 is 0 Å². The van der Waals surface area contributed by atoms with Crippen LogP contribution in [0.3, 0.4) is 0 Å². The monoisotopic (exact) mass is 207 g/mol. The molecule has 3 aliphatic rings. The van der Waals surface area contributed by atoms with Gasteiger partial charge in [0.2, 0.25) is 0 Å². The summed E-state index contributed by atoms with van der Waals surface area (Å²) < 4.78 is 0. The molecular formula is C14H25N. The smallest absolute Gasteiger partial charge is 0.0101 e. The predicted octanol–water partition coefficient (Wildman–Crippen LogP) is 3.20. The zero-order valence-corrected chi connectivity index (χ0v) is 10.0. The van der Waals surface area contributed by atoms with Crippen molar-refractivity contribution in [3.05, 3.63) is 0 Å². The third-order valence-electron chi connectivity index (χ3n) is 5.37. The van der Waals surface area contributed by atoms with Gasteiger partial charge in [-0.15, -0.1) is 0 Å². The van der Waals surface area contributed by atoms with E-state index in [4.69, 9.17) is 0 Å². The number of fused-ring (bicyclic) bond motifs is 5. The lowest BCUT2D eigenvalue weighted by Gasteiger charge is -2.32. The molecule has 15 heavy (non-hydrogen) atoms. The first-order valence-corrected chi connectivity index (χ1v) is 7.13.